The average Bonchev–Trinajstić information content (AvgIpc) is 2.14. The van der Waals surface area contributed by atoms with E-state index in [-0.39, 0.29) is 5.90 Å². The van der Waals surface area contributed by atoms with E-state index < -0.39 is 0 Å². The lowest BCUT2D eigenvalue weighted by molar-refractivity contribution is 0.303. The zero-order chi connectivity index (χ0) is 9.68. The maximum Gasteiger partial charge on any atom is 0.214 e. The van der Waals surface area contributed by atoms with E-state index in [0.29, 0.717) is 17.9 Å². The highest BCUT2D eigenvalue weighted by molar-refractivity contribution is 5.91. The van der Waals surface area contributed by atoms with E-state index in [1.807, 2.05) is 6.92 Å². The Bertz CT molecular complexity index is 299. The molecule has 0 amide bonds. The first-order chi connectivity index (χ1) is 6.24. The fraction of sp³-hybridized carbons (Fsp3) is 0.333. The van der Waals surface area contributed by atoms with Crippen molar-refractivity contribution < 1.29 is 4.74 Å². The molecular weight excluding hydrogens is 166 g/mol. The quantitative estimate of drug-likeness (QED) is 0.544. The largest absolute Gasteiger partial charge is 0.478 e. The van der Waals surface area contributed by atoms with E-state index in [0.717, 1.165) is 6.42 Å². The molecule has 0 unspecified atom stereocenters. The summed E-state index contributed by atoms with van der Waals surface area (Å²) in [6.07, 6.45) is 3.99. The fourth-order valence-electron chi connectivity index (χ4n) is 0.869. The number of hydrogen-bond acceptors (Lipinski definition) is 4. The van der Waals surface area contributed by atoms with Gasteiger partial charge >= 0.3 is 0 Å². The number of nitrogens with zero attached hydrogens (tertiary/aromatic N) is 1. The molecule has 0 aromatic carbocycles. The summed E-state index contributed by atoms with van der Waals surface area (Å²) in [5, 5.41) is 7.51. The molecule has 0 aliphatic heterocycles. The molecule has 0 spiro atoms. The summed E-state index contributed by atoms with van der Waals surface area (Å²) in [4.78, 5) is 3.87. The van der Waals surface area contributed by atoms with Crippen LogP contribution in [-0.2, 0) is 4.74 Å². The van der Waals surface area contributed by atoms with Gasteiger partial charge in [-0.2, -0.15) is 0 Å². The maximum absolute atomic E-state index is 7.51. The molecule has 13 heavy (non-hydrogen) atoms. The predicted octanol–water partition coefficient (Wildman–Crippen LogP) is 1.42. The number of hydrogen-bond donors (Lipinski definition) is 2. The highest BCUT2D eigenvalue weighted by Gasteiger charge is 2.02. The molecule has 4 heteroatoms. The molecule has 4 nitrogen and oxygen atoms in total. The highest BCUT2D eigenvalue weighted by Crippen LogP contribution is 2.05. The zero-order valence-electron chi connectivity index (χ0n) is 7.58. The van der Waals surface area contributed by atoms with Crippen LogP contribution in [0.4, 0.5) is 5.69 Å². The highest BCUT2D eigenvalue weighted by atomic mass is 16.5. The van der Waals surface area contributed by atoms with E-state index in [1.54, 1.807) is 12.3 Å². The van der Waals surface area contributed by atoms with Gasteiger partial charge in [0.25, 0.3) is 0 Å². The third-order valence-electron chi connectivity index (χ3n) is 1.47. The Morgan fingerprint density at radius 2 is 2.38 bits per heavy atom. The Hall–Kier alpha value is -1.58. The van der Waals surface area contributed by atoms with Crippen LogP contribution >= 0.6 is 0 Å². The van der Waals surface area contributed by atoms with Crippen LogP contribution in [0.25, 0.3) is 0 Å². The number of ether oxygens (including phenoxy) is 1. The molecule has 0 saturated heterocycles. The molecule has 1 rings (SSSR count). The molecular formula is C9H13N3O. The average molecular weight is 179 g/mol. The molecule has 1 aromatic heterocycles. The normalized spacial score (nSPS) is 9.62. The minimum atomic E-state index is 0.127. The number of nitrogens with one attached hydrogen (secondary N) is 1. The van der Waals surface area contributed by atoms with Crippen LogP contribution in [0.1, 0.15) is 18.9 Å². The number of rotatable bonds is 3. The molecule has 3 N–H and O–H groups in total. The van der Waals surface area contributed by atoms with Gasteiger partial charge in [-0.05, 0) is 12.5 Å². The molecule has 1 heterocycles. The third kappa shape index (κ3) is 2.74. The lowest BCUT2D eigenvalue weighted by atomic mass is 10.2. The second kappa shape index (κ2) is 4.45. The standard InChI is InChI=1S/C9H13N3O/c1-2-3-13-9(11)7-4-8(10)6-12-5-7/h4-6,11H,2-3,10H2,1H3. The van der Waals surface area contributed by atoms with Crippen molar-refractivity contribution in [3.8, 4) is 0 Å². The van der Waals surface area contributed by atoms with Gasteiger partial charge in [0, 0.05) is 12.4 Å². The summed E-state index contributed by atoms with van der Waals surface area (Å²) in [6.45, 7) is 2.54. The van der Waals surface area contributed by atoms with E-state index >= 15 is 0 Å². The molecule has 0 fully saturated rings. The van der Waals surface area contributed by atoms with E-state index in [9.17, 15) is 0 Å². The molecule has 0 aliphatic carbocycles. The summed E-state index contributed by atoms with van der Waals surface area (Å²) in [5.41, 5.74) is 6.67. The van der Waals surface area contributed by atoms with Gasteiger partial charge in [0.15, 0.2) is 0 Å². The second-order valence-electron chi connectivity index (χ2n) is 2.68. The Kier molecular flexibility index (Phi) is 3.25. The Morgan fingerprint density at radius 1 is 1.62 bits per heavy atom. The van der Waals surface area contributed by atoms with Gasteiger partial charge in [-0.15, -0.1) is 0 Å². The minimum Gasteiger partial charge on any atom is -0.478 e. The molecule has 0 saturated carbocycles. The molecule has 0 radical (unpaired) electrons. The summed E-state index contributed by atoms with van der Waals surface area (Å²) in [7, 11) is 0. The van der Waals surface area contributed by atoms with Gasteiger partial charge < -0.3 is 10.5 Å². The van der Waals surface area contributed by atoms with Crippen molar-refractivity contribution >= 4 is 11.6 Å². The maximum atomic E-state index is 7.51. The van der Waals surface area contributed by atoms with Gasteiger partial charge in [0.1, 0.15) is 0 Å². The van der Waals surface area contributed by atoms with Crippen LogP contribution in [0.2, 0.25) is 0 Å². The summed E-state index contributed by atoms with van der Waals surface area (Å²) >= 11 is 0. The van der Waals surface area contributed by atoms with Gasteiger partial charge in [-0.3, -0.25) is 10.4 Å². The number of aromatic nitrogens is 1. The van der Waals surface area contributed by atoms with Crippen LogP contribution in [0.3, 0.4) is 0 Å². The van der Waals surface area contributed by atoms with Crippen molar-refractivity contribution in [3.05, 3.63) is 24.0 Å². The van der Waals surface area contributed by atoms with Crippen molar-refractivity contribution in [2.75, 3.05) is 12.3 Å². The van der Waals surface area contributed by atoms with Crippen molar-refractivity contribution in [1.82, 2.24) is 4.98 Å². The fourth-order valence-corrected chi connectivity index (χ4v) is 0.869. The van der Waals surface area contributed by atoms with Crippen molar-refractivity contribution in [2.45, 2.75) is 13.3 Å². The second-order valence-corrected chi connectivity index (χ2v) is 2.68. The summed E-state index contributed by atoms with van der Waals surface area (Å²) in [6, 6.07) is 1.67. The summed E-state index contributed by atoms with van der Waals surface area (Å²) in [5.74, 6) is 0.127. The zero-order valence-corrected chi connectivity index (χ0v) is 7.58. The van der Waals surface area contributed by atoms with Gasteiger partial charge in [-0.1, -0.05) is 6.92 Å². The SMILES string of the molecule is CCCOC(=N)c1cncc(N)c1. The number of nitrogens with two attached hydrogens (primary N) is 1. The number of pyridine rings is 1. The van der Waals surface area contributed by atoms with Crippen LogP contribution in [0.15, 0.2) is 18.5 Å². The lowest BCUT2D eigenvalue weighted by Crippen LogP contribution is -2.06. The smallest absolute Gasteiger partial charge is 0.214 e. The monoisotopic (exact) mass is 179 g/mol. The lowest BCUT2D eigenvalue weighted by Gasteiger charge is -2.05. The molecule has 0 atom stereocenters. The number of nitrogen functional groups attached to an aromatic ring is 1. The van der Waals surface area contributed by atoms with Gasteiger partial charge in [-0.25, -0.2) is 0 Å². The first kappa shape index (κ1) is 9.51. The van der Waals surface area contributed by atoms with Gasteiger partial charge in [0.05, 0.1) is 17.9 Å². The van der Waals surface area contributed by atoms with Crippen molar-refractivity contribution in [1.29, 1.82) is 5.41 Å². The first-order valence-corrected chi connectivity index (χ1v) is 4.16. The van der Waals surface area contributed by atoms with Crippen LogP contribution in [0, 0.1) is 5.41 Å². The Morgan fingerprint density at radius 3 is 3.00 bits per heavy atom. The minimum absolute atomic E-state index is 0.127. The van der Waals surface area contributed by atoms with Crippen LogP contribution in [-0.4, -0.2) is 17.5 Å². The molecule has 70 valence electrons. The van der Waals surface area contributed by atoms with Crippen molar-refractivity contribution in [3.63, 3.8) is 0 Å². The topological polar surface area (TPSA) is 72.0 Å². The number of anilines is 1. The van der Waals surface area contributed by atoms with Crippen molar-refractivity contribution in [2.24, 2.45) is 0 Å². The predicted molar refractivity (Wildman–Crippen MR) is 51.7 cm³/mol. The van der Waals surface area contributed by atoms with E-state index in [2.05, 4.69) is 4.98 Å². The molecule has 0 bridgehead atoms. The van der Waals surface area contributed by atoms with Crippen LogP contribution in [0.5, 0.6) is 0 Å². The van der Waals surface area contributed by atoms with Crippen LogP contribution < -0.4 is 5.73 Å². The third-order valence-corrected chi connectivity index (χ3v) is 1.47. The Balaban J connectivity index is 2.66. The van der Waals surface area contributed by atoms with E-state index in [1.165, 1.54) is 6.20 Å². The molecule has 0 aliphatic rings. The molecule has 1 aromatic rings. The Labute approximate surface area is 77.2 Å². The van der Waals surface area contributed by atoms with Gasteiger partial charge in [0.2, 0.25) is 5.90 Å². The first-order valence-electron chi connectivity index (χ1n) is 4.16. The summed E-state index contributed by atoms with van der Waals surface area (Å²) < 4.78 is 5.12. The van der Waals surface area contributed by atoms with E-state index in [4.69, 9.17) is 15.9 Å².